The Kier molecular flexibility index (Phi) is 3.91. The Hall–Kier alpha value is -4.27. The number of aryl methyl sites for hydroxylation is 1. The zero-order valence-corrected chi connectivity index (χ0v) is 15.3. The summed E-state index contributed by atoms with van der Waals surface area (Å²) in [5, 5.41) is 14.1. The maximum atomic E-state index is 12.7. The molecule has 0 radical (unpaired) electrons. The molecule has 0 saturated carbocycles. The van der Waals surface area contributed by atoms with Crippen molar-refractivity contribution in [2.24, 2.45) is 0 Å². The van der Waals surface area contributed by atoms with Crippen molar-refractivity contribution in [1.82, 2.24) is 30.2 Å². The van der Waals surface area contributed by atoms with Crippen LogP contribution in [0.2, 0.25) is 0 Å². The number of nitrogens with zero attached hydrogens (tertiary/aromatic N) is 5. The maximum Gasteiger partial charge on any atom is 0.255 e. The summed E-state index contributed by atoms with van der Waals surface area (Å²) in [5.74, 6) is 1.09. The molecule has 1 amide bonds. The molecular weight excluding hydrogens is 370 g/mol. The van der Waals surface area contributed by atoms with Gasteiger partial charge in [-0.05, 0) is 71.4 Å². The van der Waals surface area contributed by atoms with Crippen LogP contribution in [0.1, 0.15) is 15.9 Å². The van der Waals surface area contributed by atoms with E-state index >= 15 is 0 Å². The highest BCUT2D eigenvalue weighted by molar-refractivity contribution is 6.05. The first-order valence-electron chi connectivity index (χ1n) is 8.86. The smallest absolute Gasteiger partial charge is 0.255 e. The lowest BCUT2D eigenvalue weighted by molar-refractivity contribution is 0.102. The predicted octanol–water partition coefficient (Wildman–Crippen LogP) is 3.36. The largest absolute Gasteiger partial charge is 0.461 e. The summed E-state index contributed by atoms with van der Waals surface area (Å²) < 4.78 is 6.93. The molecule has 3 heterocycles. The van der Waals surface area contributed by atoms with Crippen LogP contribution in [0, 0.1) is 6.92 Å². The molecule has 0 atom stereocenters. The third-order valence-electron chi connectivity index (χ3n) is 4.55. The van der Waals surface area contributed by atoms with Crippen LogP contribution in [-0.2, 0) is 0 Å². The molecule has 0 unspecified atom stereocenters. The summed E-state index contributed by atoms with van der Waals surface area (Å²) in [5.41, 5.74) is 4.50. The summed E-state index contributed by atoms with van der Waals surface area (Å²) in [7, 11) is 0. The minimum Gasteiger partial charge on any atom is -0.461 e. The van der Waals surface area contributed by atoms with Crippen LogP contribution < -0.4 is 5.32 Å². The highest BCUT2D eigenvalue weighted by Gasteiger charge is 2.12. The molecule has 0 aliphatic heterocycles. The third-order valence-corrected chi connectivity index (χ3v) is 4.55. The van der Waals surface area contributed by atoms with Crippen LogP contribution in [0.3, 0.4) is 0 Å². The fourth-order valence-corrected chi connectivity index (χ4v) is 3.15. The van der Waals surface area contributed by atoms with Gasteiger partial charge in [-0.3, -0.25) is 4.79 Å². The van der Waals surface area contributed by atoms with Crippen LogP contribution in [0.5, 0.6) is 0 Å². The number of benzene rings is 2. The molecule has 5 rings (SSSR count). The van der Waals surface area contributed by atoms with Gasteiger partial charge in [0.2, 0.25) is 0 Å². The number of carbonyl (C=O) groups excluding carboxylic acids is 1. The van der Waals surface area contributed by atoms with Gasteiger partial charge in [0, 0.05) is 11.3 Å². The lowest BCUT2D eigenvalue weighted by Gasteiger charge is -2.09. The molecule has 0 spiro atoms. The van der Waals surface area contributed by atoms with E-state index in [1.54, 1.807) is 29.1 Å². The number of aromatic nitrogens is 6. The molecule has 0 bridgehead atoms. The number of hydrogen-bond acceptors (Lipinski definition) is 6. The van der Waals surface area contributed by atoms with Crippen molar-refractivity contribution < 1.29 is 9.21 Å². The quantitative estimate of drug-likeness (QED) is 0.490. The van der Waals surface area contributed by atoms with Crippen LogP contribution in [0.25, 0.3) is 28.3 Å². The molecule has 9 heteroatoms. The lowest BCUT2D eigenvalue weighted by atomic mass is 10.1. The predicted molar refractivity (Wildman–Crippen MR) is 106 cm³/mol. The number of amides is 1. The molecule has 142 valence electrons. The van der Waals surface area contributed by atoms with Crippen molar-refractivity contribution >= 4 is 22.6 Å². The number of anilines is 1. The van der Waals surface area contributed by atoms with Crippen molar-refractivity contribution in [3.8, 4) is 17.3 Å². The van der Waals surface area contributed by atoms with Gasteiger partial charge in [0.15, 0.2) is 11.6 Å². The number of fused-ring (bicyclic) bond motifs is 1. The zero-order chi connectivity index (χ0) is 19.8. The molecular formula is C20H15N7O2. The number of tetrazole rings is 1. The van der Waals surface area contributed by atoms with Gasteiger partial charge >= 0.3 is 0 Å². The number of carbonyl (C=O) groups is 1. The van der Waals surface area contributed by atoms with E-state index in [0.717, 1.165) is 22.3 Å². The number of H-pyrrole nitrogens is 1. The Morgan fingerprint density at radius 1 is 1.17 bits per heavy atom. The summed E-state index contributed by atoms with van der Waals surface area (Å²) in [6.45, 7) is 1.90. The maximum absolute atomic E-state index is 12.7. The van der Waals surface area contributed by atoms with Gasteiger partial charge in [-0.25, -0.2) is 9.67 Å². The first-order valence-corrected chi connectivity index (χ1v) is 8.86. The summed E-state index contributed by atoms with van der Waals surface area (Å²) in [6, 6.07) is 14.5. The van der Waals surface area contributed by atoms with E-state index in [1.165, 1.54) is 6.33 Å². The van der Waals surface area contributed by atoms with E-state index in [2.05, 4.69) is 30.8 Å². The number of furan rings is 1. The number of aromatic amines is 1. The Labute approximate surface area is 164 Å². The molecule has 0 saturated heterocycles. The van der Waals surface area contributed by atoms with Crippen molar-refractivity contribution in [3.05, 3.63) is 72.2 Å². The van der Waals surface area contributed by atoms with E-state index in [-0.39, 0.29) is 5.91 Å². The van der Waals surface area contributed by atoms with Crippen LogP contribution in [0.15, 0.2) is 65.5 Å². The Balaban J connectivity index is 1.39. The second-order valence-electron chi connectivity index (χ2n) is 6.50. The first kappa shape index (κ1) is 16.9. The minimum absolute atomic E-state index is 0.207. The van der Waals surface area contributed by atoms with Gasteiger partial charge < -0.3 is 14.7 Å². The number of hydrogen-bond donors (Lipinski definition) is 2. The summed E-state index contributed by atoms with van der Waals surface area (Å²) in [6.07, 6.45) is 3.11. The van der Waals surface area contributed by atoms with Crippen LogP contribution in [0.4, 0.5) is 5.69 Å². The van der Waals surface area contributed by atoms with Gasteiger partial charge in [0.25, 0.3) is 5.91 Å². The van der Waals surface area contributed by atoms with Crippen LogP contribution in [-0.4, -0.2) is 36.1 Å². The second kappa shape index (κ2) is 6.71. The molecule has 0 fully saturated rings. The monoisotopic (exact) mass is 385 g/mol. The van der Waals surface area contributed by atoms with Crippen molar-refractivity contribution in [1.29, 1.82) is 0 Å². The standard InChI is InChI=1S/C20H15N7O2/c1-12-9-13(4-7-17(12)27-11-21-25-26-27)20(28)22-14-5-6-15-16(10-14)24-19(23-15)18-3-2-8-29-18/h2-11H,1H3,(H,22,28)(H,23,24). The number of rotatable bonds is 4. The normalized spacial score (nSPS) is 11.1. The number of imidazole rings is 1. The van der Waals surface area contributed by atoms with E-state index in [9.17, 15) is 4.79 Å². The average Bonchev–Trinajstić information content (AvgIpc) is 3.47. The minimum atomic E-state index is -0.207. The van der Waals surface area contributed by atoms with Gasteiger partial charge in [-0.1, -0.05) is 0 Å². The number of nitrogens with one attached hydrogen (secondary N) is 2. The molecule has 2 aromatic carbocycles. The molecule has 29 heavy (non-hydrogen) atoms. The summed E-state index contributed by atoms with van der Waals surface area (Å²) in [4.78, 5) is 20.4. The van der Waals surface area contributed by atoms with Crippen molar-refractivity contribution in [3.63, 3.8) is 0 Å². The third kappa shape index (κ3) is 3.14. The first-order chi connectivity index (χ1) is 14.2. The SMILES string of the molecule is Cc1cc(C(=O)Nc2ccc3nc(-c4ccco4)[nH]c3c2)ccc1-n1cnnn1. The zero-order valence-electron chi connectivity index (χ0n) is 15.3. The second-order valence-corrected chi connectivity index (χ2v) is 6.50. The summed E-state index contributed by atoms with van der Waals surface area (Å²) >= 11 is 0. The van der Waals surface area contributed by atoms with E-state index in [1.807, 2.05) is 37.3 Å². The highest BCUT2D eigenvalue weighted by atomic mass is 16.3. The molecule has 0 aliphatic rings. The molecule has 3 aromatic heterocycles. The molecule has 0 aliphatic carbocycles. The topological polar surface area (TPSA) is 115 Å². The average molecular weight is 385 g/mol. The Morgan fingerprint density at radius 2 is 2.10 bits per heavy atom. The van der Waals surface area contributed by atoms with Crippen molar-refractivity contribution in [2.75, 3.05) is 5.32 Å². The van der Waals surface area contributed by atoms with Gasteiger partial charge in [-0.2, -0.15) is 0 Å². The molecule has 5 aromatic rings. The Bertz CT molecular complexity index is 1300. The highest BCUT2D eigenvalue weighted by Crippen LogP contribution is 2.23. The van der Waals surface area contributed by atoms with Gasteiger partial charge in [-0.15, -0.1) is 5.10 Å². The van der Waals surface area contributed by atoms with E-state index in [4.69, 9.17) is 4.42 Å². The molecule has 9 nitrogen and oxygen atoms in total. The lowest BCUT2D eigenvalue weighted by Crippen LogP contribution is -2.12. The van der Waals surface area contributed by atoms with E-state index in [0.29, 0.717) is 22.8 Å². The molecule has 2 N–H and O–H groups in total. The van der Waals surface area contributed by atoms with E-state index < -0.39 is 0 Å². The fraction of sp³-hybridized carbons (Fsp3) is 0.0500. The van der Waals surface area contributed by atoms with Gasteiger partial charge in [0.1, 0.15) is 6.33 Å². The van der Waals surface area contributed by atoms with Crippen molar-refractivity contribution in [2.45, 2.75) is 6.92 Å². The Morgan fingerprint density at radius 3 is 2.86 bits per heavy atom. The fourth-order valence-electron chi connectivity index (χ4n) is 3.15. The van der Waals surface area contributed by atoms with Crippen LogP contribution >= 0.6 is 0 Å². The van der Waals surface area contributed by atoms with Gasteiger partial charge in [0.05, 0.1) is 23.0 Å².